The molecular weight excluding hydrogens is 280 g/mol. The second kappa shape index (κ2) is 5.74. The Morgan fingerprint density at radius 1 is 1.35 bits per heavy atom. The van der Waals surface area contributed by atoms with Gasteiger partial charge in [0.2, 0.25) is 0 Å². The van der Waals surface area contributed by atoms with Crippen LogP contribution < -0.4 is 11.1 Å². The Morgan fingerprint density at radius 2 is 2.12 bits per heavy atom. The fourth-order valence-corrected chi connectivity index (χ4v) is 2.98. The fourth-order valence-electron chi connectivity index (χ4n) is 2.46. The number of anilines is 2. The second-order valence-corrected chi connectivity index (χ2v) is 5.57. The van der Waals surface area contributed by atoms with Gasteiger partial charge in [0.05, 0.1) is 0 Å². The van der Waals surface area contributed by atoms with E-state index >= 15 is 0 Å². The van der Waals surface area contributed by atoms with Gasteiger partial charge in [-0.2, -0.15) is 0 Å². The summed E-state index contributed by atoms with van der Waals surface area (Å²) in [5.41, 5.74) is 7.53. The highest BCUT2D eigenvalue weighted by Gasteiger charge is 2.24. The molecule has 17 heavy (non-hydrogen) atoms. The number of aliphatic hydroxyl groups excluding tert-OH is 1. The van der Waals surface area contributed by atoms with Crippen LogP contribution in [-0.4, -0.2) is 17.8 Å². The van der Waals surface area contributed by atoms with Gasteiger partial charge in [0.25, 0.3) is 0 Å². The third-order valence-electron chi connectivity index (χ3n) is 3.48. The van der Waals surface area contributed by atoms with Crippen molar-refractivity contribution in [1.82, 2.24) is 0 Å². The predicted octanol–water partition coefficient (Wildman–Crippen LogP) is 2.99. The smallest absolute Gasteiger partial charge is 0.0488 e. The molecule has 3 nitrogen and oxygen atoms in total. The van der Waals surface area contributed by atoms with E-state index in [1.54, 1.807) is 0 Å². The fraction of sp³-hybridized carbons (Fsp3) is 0.538. The lowest BCUT2D eigenvalue weighted by atomic mass is 9.85. The van der Waals surface area contributed by atoms with Crippen molar-refractivity contribution in [3.05, 3.63) is 22.7 Å². The topological polar surface area (TPSA) is 58.3 Å². The molecule has 1 fully saturated rings. The van der Waals surface area contributed by atoms with E-state index in [4.69, 9.17) is 5.73 Å². The number of hydrogen-bond acceptors (Lipinski definition) is 3. The van der Waals surface area contributed by atoms with Crippen LogP contribution in [0.2, 0.25) is 0 Å². The van der Waals surface area contributed by atoms with E-state index in [0.29, 0.717) is 12.0 Å². The monoisotopic (exact) mass is 298 g/mol. The van der Waals surface area contributed by atoms with Crippen LogP contribution in [-0.2, 0) is 0 Å². The summed E-state index contributed by atoms with van der Waals surface area (Å²) in [6.07, 6.45) is 4.70. The third kappa shape index (κ3) is 3.13. The molecule has 94 valence electrons. The summed E-state index contributed by atoms with van der Waals surface area (Å²) < 4.78 is 0.986. The number of nitrogen functional groups attached to an aromatic ring is 1. The van der Waals surface area contributed by atoms with Gasteiger partial charge in [-0.25, -0.2) is 0 Å². The average Bonchev–Trinajstić information content (AvgIpc) is 2.33. The highest BCUT2D eigenvalue weighted by Crippen LogP contribution is 2.30. The molecule has 2 atom stereocenters. The summed E-state index contributed by atoms with van der Waals surface area (Å²) in [4.78, 5) is 0. The van der Waals surface area contributed by atoms with Crippen LogP contribution >= 0.6 is 15.9 Å². The highest BCUT2D eigenvalue weighted by atomic mass is 79.9. The molecule has 4 heteroatoms. The van der Waals surface area contributed by atoms with Gasteiger partial charge in [0, 0.05) is 34.4 Å². The van der Waals surface area contributed by atoms with E-state index in [1.807, 2.05) is 18.2 Å². The zero-order valence-corrected chi connectivity index (χ0v) is 11.4. The maximum absolute atomic E-state index is 9.38. The predicted molar refractivity (Wildman–Crippen MR) is 75.0 cm³/mol. The molecule has 1 aromatic carbocycles. The third-order valence-corrected chi connectivity index (χ3v) is 4.13. The number of aliphatic hydroxyl groups is 1. The summed E-state index contributed by atoms with van der Waals surface area (Å²) in [5.74, 6) is 0.369. The molecule has 0 bridgehead atoms. The average molecular weight is 299 g/mol. The van der Waals surface area contributed by atoms with Crippen LogP contribution in [0.5, 0.6) is 0 Å². The first-order valence-corrected chi connectivity index (χ1v) is 6.92. The number of nitrogens with one attached hydrogen (secondary N) is 1. The summed E-state index contributed by atoms with van der Waals surface area (Å²) in [7, 11) is 0. The van der Waals surface area contributed by atoms with Gasteiger partial charge >= 0.3 is 0 Å². The van der Waals surface area contributed by atoms with Crippen LogP contribution in [0.3, 0.4) is 0 Å². The first kappa shape index (κ1) is 12.7. The van der Waals surface area contributed by atoms with Crippen molar-refractivity contribution in [2.45, 2.75) is 31.7 Å². The maximum atomic E-state index is 9.38. The van der Waals surface area contributed by atoms with Crippen LogP contribution in [0.4, 0.5) is 11.4 Å². The lowest BCUT2D eigenvalue weighted by Crippen LogP contribution is -2.34. The molecule has 0 spiro atoms. The van der Waals surface area contributed by atoms with Gasteiger partial charge in [0.15, 0.2) is 0 Å². The quantitative estimate of drug-likeness (QED) is 0.752. The number of rotatable bonds is 3. The Labute approximate surface area is 111 Å². The second-order valence-electron chi connectivity index (χ2n) is 4.72. The Hall–Kier alpha value is -0.740. The molecule has 1 aromatic rings. The summed E-state index contributed by atoms with van der Waals surface area (Å²) in [6.45, 7) is 0.268. The first-order chi connectivity index (χ1) is 8.20. The van der Waals surface area contributed by atoms with Crippen LogP contribution in [0.1, 0.15) is 25.7 Å². The van der Waals surface area contributed by atoms with Crippen LogP contribution in [0.25, 0.3) is 0 Å². The van der Waals surface area contributed by atoms with Gasteiger partial charge in [0.1, 0.15) is 0 Å². The van der Waals surface area contributed by atoms with E-state index in [2.05, 4.69) is 21.2 Å². The lowest BCUT2D eigenvalue weighted by Gasteiger charge is -2.32. The molecule has 2 unspecified atom stereocenters. The van der Waals surface area contributed by atoms with Gasteiger partial charge in [-0.05, 0) is 47.0 Å². The Kier molecular flexibility index (Phi) is 4.29. The Bertz CT molecular complexity index is 384. The first-order valence-electron chi connectivity index (χ1n) is 6.13. The zero-order chi connectivity index (χ0) is 12.3. The van der Waals surface area contributed by atoms with Crippen molar-refractivity contribution in [1.29, 1.82) is 0 Å². The normalized spacial score (nSPS) is 24.6. The highest BCUT2D eigenvalue weighted by molar-refractivity contribution is 9.10. The molecule has 0 saturated heterocycles. The molecule has 2 rings (SSSR count). The number of halogens is 1. The molecule has 0 amide bonds. The van der Waals surface area contributed by atoms with Gasteiger partial charge in [-0.1, -0.05) is 12.8 Å². The molecule has 0 aliphatic heterocycles. The minimum absolute atomic E-state index is 0.268. The molecule has 0 radical (unpaired) electrons. The summed E-state index contributed by atoms with van der Waals surface area (Å²) in [5, 5.41) is 12.9. The number of hydrogen-bond donors (Lipinski definition) is 3. The SMILES string of the molecule is Nc1ccc(NC2CCCCC2CO)c(Br)c1. The van der Waals surface area contributed by atoms with Gasteiger partial charge in [-0.3, -0.25) is 0 Å². The number of nitrogens with two attached hydrogens (primary N) is 1. The largest absolute Gasteiger partial charge is 0.399 e. The molecule has 1 aliphatic rings. The summed E-state index contributed by atoms with van der Waals surface area (Å²) in [6, 6.07) is 6.15. The lowest BCUT2D eigenvalue weighted by molar-refractivity contribution is 0.178. The van der Waals surface area contributed by atoms with E-state index in [0.717, 1.165) is 28.7 Å². The van der Waals surface area contributed by atoms with Crippen molar-refractivity contribution < 1.29 is 5.11 Å². The molecule has 4 N–H and O–H groups in total. The van der Waals surface area contributed by atoms with Gasteiger partial charge in [-0.15, -0.1) is 0 Å². The molecule has 0 aromatic heterocycles. The van der Waals surface area contributed by atoms with E-state index in [1.165, 1.54) is 12.8 Å². The van der Waals surface area contributed by atoms with Gasteiger partial charge < -0.3 is 16.2 Å². The minimum Gasteiger partial charge on any atom is -0.399 e. The Morgan fingerprint density at radius 3 is 2.82 bits per heavy atom. The van der Waals surface area contributed by atoms with Crippen molar-refractivity contribution in [2.24, 2.45) is 5.92 Å². The van der Waals surface area contributed by atoms with E-state index < -0.39 is 0 Å². The van der Waals surface area contributed by atoms with Crippen LogP contribution in [0, 0.1) is 5.92 Å². The maximum Gasteiger partial charge on any atom is 0.0488 e. The molecule has 0 heterocycles. The van der Waals surface area contributed by atoms with Crippen LogP contribution in [0.15, 0.2) is 22.7 Å². The summed E-state index contributed by atoms with van der Waals surface area (Å²) >= 11 is 3.51. The van der Waals surface area contributed by atoms with E-state index in [9.17, 15) is 5.11 Å². The number of benzene rings is 1. The molecule has 1 aliphatic carbocycles. The zero-order valence-electron chi connectivity index (χ0n) is 9.82. The van der Waals surface area contributed by atoms with Crippen molar-refractivity contribution in [3.63, 3.8) is 0 Å². The van der Waals surface area contributed by atoms with E-state index in [-0.39, 0.29) is 6.61 Å². The molecule has 1 saturated carbocycles. The minimum atomic E-state index is 0.268. The van der Waals surface area contributed by atoms with Crippen molar-refractivity contribution in [2.75, 3.05) is 17.7 Å². The van der Waals surface area contributed by atoms with Crippen molar-refractivity contribution in [3.8, 4) is 0 Å². The van der Waals surface area contributed by atoms with Crippen molar-refractivity contribution >= 4 is 27.3 Å². The standard InChI is InChI=1S/C13H19BrN2O/c14-11-7-10(15)5-6-13(11)16-12-4-2-1-3-9(12)8-17/h5-7,9,12,16-17H,1-4,8,15H2. The Balaban J connectivity index is 2.08. The molecular formula is C13H19BrN2O.